The maximum atomic E-state index is 12.5. The van der Waals surface area contributed by atoms with Gasteiger partial charge in [-0.2, -0.15) is 4.98 Å². The van der Waals surface area contributed by atoms with Gasteiger partial charge < -0.3 is 19.9 Å². The number of nitrogens with zero attached hydrogens (tertiary/aromatic N) is 3. The van der Waals surface area contributed by atoms with Crippen LogP contribution in [-0.2, 0) is 4.79 Å². The van der Waals surface area contributed by atoms with Crippen LogP contribution in [0.3, 0.4) is 0 Å². The molecule has 1 aromatic carbocycles. The van der Waals surface area contributed by atoms with Gasteiger partial charge in [0.25, 0.3) is 11.7 Å². The van der Waals surface area contributed by atoms with E-state index in [-0.39, 0.29) is 23.7 Å². The summed E-state index contributed by atoms with van der Waals surface area (Å²) in [4.78, 5) is 29.3. The predicted molar refractivity (Wildman–Crippen MR) is 92.4 cm³/mol. The number of carbonyl (C=O) groups excluding carboxylic acids is 2. The van der Waals surface area contributed by atoms with Crippen molar-refractivity contribution in [3.8, 4) is 5.75 Å². The normalized spacial score (nSPS) is 16.7. The third-order valence-corrected chi connectivity index (χ3v) is 4.31. The molecule has 3 rings (SSSR count). The van der Waals surface area contributed by atoms with Gasteiger partial charge >= 0.3 is 0 Å². The van der Waals surface area contributed by atoms with Gasteiger partial charge in [-0.3, -0.25) is 9.59 Å². The summed E-state index contributed by atoms with van der Waals surface area (Å²) >= 11 is 0. The van der Waals surface area contributed by atoms with Crippen molar-refractivity contribution in [2.45, 2.75) is 38.6 Å². The zero-order valence-electron chi connectivity index (χ0n) is 14.7. The fourth-order valence-electron chi connectivity index (χ4n) is 3.05. The highest BCUT2D eigenvalue weighted by atomic mass is 16.5. The van der Waals surface area contributed by atoms with Gasteiger partial charge in [0.15, 0.2) is 0 Å². The molecule has 0 spiro atoms. The zero-order chi connectivity index (χ0) is 18.5. The molecule has 1 aliphatic rings. The van der Waals surface area contributed by atoms with E-state index in [0.29, 0.717) is 26.0 Å². The number of ether oxygens (including phenoxy) is 1. The maximum absolute atomic E-state index is 12.5. The molecule has 1 aliphatic heterocycles. The smallest absolute Gasteiger partial charge is 0.290 e. The van der Waals surface area contributed by atoms with Crippen LogP contribution in [0.15, 0.2) is 28.8 Å². The number of carbonyl (C=O) groups is 2. The number of amides is 2. The number of hydrogen-bond acceptors (Lipinski definition) is 6. The van der Waals surface area contributed by atoms with Crippen LogP contribution < -0.4 is 10.5 Å². The van der Waals surface area contributed by atoms with E-state index in [1.54, 1.807) is 4.90 Å². The first-order chi connectivity index (χ1) is 12.5. The molecule has 2 heterocycles. The molecule has 26 heavy (non-hydrogen) atoms. The van der Waals surface area contributed by atoms with Crippen LogP contribution >= 0.6 is 0 Å². The lowest BCUT2D eigenvalue weighted by Gasteiger charge is -2.21. The maximum Gasteiger partial charge on any atom is 0.290 e. The largest absolute Gasteiger partial charge is 0.494 e. The Balaban J connectivity index is 1.50. The summed E-state index contributed by atoms with van der Waals surface area (Å²) in [6.45, 7) is 3.11. The molecule has 8 nitrogen and oxygen atoms in total. The van der Waals surface area contributed by atoms with Crippen molar-refractivity contribution in [1.29, 1.82) is 0 Å². The number of nitrogens with two attached hydrogens (primary N) is 1. The SMILES string of the molecule is Cc1cccc(OCCCC(=O)N2CCC[C@@H]2c2nc(C(N)=O)no2)c1. The van der Waals surface area contributed by atoms with Crippen molar-refractivity contribution < 1.29 is 18.8 Å². The van der Waals surface area contributed by atoms with Crippen LogP contribution in [0.4, 0.5) is 0 Å². The van der Waals surface area contributed by atoms with Crippen molar-refractivity contribution in [3.05, 3.63) is 41.5 Å². The van der Waals surface area contributed by atoms with E-state index in [1.807, 2.05) is 31.2 Å². The second-order valence-electron chi connectivity index (χ2n) is 6.33. The summed E-state index contributed by atoms with van der Waals surface area (Å²) in [5.74, 6) is 0.177. The Morgan fingerprint density at radius 1 is 1.42 bits per heavy atom. The molecule has 0 bridgehead atoms. The Kier molecular flexibility index (Phi) is 5.50. The van der Waals surface area contributed by atoms with Crippen LogP contribution in [0.2, 0.25) is 0 Å². The second-order valence-corrected chi connectivity index (χ2v) is 6.33. The number of aromatic nitrogens is 2. The number of rotatable bonds is 7. The van der Waals surface area contributed by atoms with Gasteiger partial charge in [-0.25, -0.2) is 0 Å². The van der Waals surface area contributed by atoms with E-state index in [1.165, 1.54) is 0 Å². The molecule has 1 atom stereocenters. The van der Waals surface area contributed by atoms with E-state index in [9.17, 15) is 9.59 Å². The molecular formula is C18H22N4O4. The van der Waals surface area contributed by atoms with Crippen LogP contribution in [0.5, 0.6) is 5.75 Å². The quantitative estimate of drug-likeness (QED) is 0.758. The molecule has 2 N–H and O–H groups in total. The Morgan fingerprint density at radius 2 is 2.27 bits per heavy atom. The standard InChI is InChI=1S/C18H22N4O4/c1-12-5-2-6-13(11-12)25-10-4-8-15(23)22-9-3-7-14(22)18-20-17(16(19)24)21-26-18/h2,5-6,11,14H,3-4,7-10H2,1H3,(H2,19,24)/t14-/m1/s1. The Hall–Kier alpha value is -2.90. The van der Waals surface area contributed by atoms with E-state index in [2.05, 4.69) is 10.1 Å². The topological polar surface area (TPSA) is 112 Å². The summed E-state index contributed by atoms with van der Waals surface area (Å²) in [5, 5.41) is 3.55. The van der Waals surface area contributed by atoms with Crippen molar-refractivity contribution in [1.82, 2.24) is 15.0 Å². The predicted octanol–water partition coefficient (Wildman–Crippen LogP) is 2.00. The number of primary amides is 1. The summed E-state index contributed by atoms with van der Waals surface area (Å²) in [6.07, 6.45) is 2.57. The third-order valence-electron chi connectivity index (χ3n) is 4.31. The third kappa shape index (κ3) is 4.19. The van der Waals surface area contributed by atoms with Crippen molar-refractivity contribution in [2.75, 3.05) is 13.2 Å². The van der Waals surface area contributed by atoms with Gasteiger partial charge in [-0.1, -0.05) is 17.3 Å². The van der Waals surface area contributed by atoms with E-state index >= 15 is 0 Å². The van der Waals surface area contributed by atoms with Gasteiger partial charge in [0.1, 0.15) is 11.8 Å². The Bertz CT molecular complexity index is 789. The van der Waals surface area contributed by atoms with Gasteiger partial charge in [0.05, 0.1) is 6.61 Å². The molecule has 0 radical (unpaired) electrons. The van der Waals surface area contributed by atoms with Crippen LogP contribution in [0, 0.1) is 6.92 Å². The van der Waals surface area contributed by atoms with Gasteiger partial charge in [0, 0.05) is 13.0 Å². The van der Waals surface area contributed by atoms with E-state index in [0.717, 1.165) is 24.2 Å². The molecule has 2 aromatic rings. The average molecular weight is 358 g/mol. The molecular weight excluding hydrogens is 336 g/mol. The highest BCUT2D eigenvalue weighted by Gasteiger charge is 2.34. The van der Waals surface area contributed by atoms with Crippen molar-refractivity contribution in [2.24, 2.45) is 5.73 Å². The minimum Gasteiger partial charge on any atom is -0.494 e. The molecule has 0 aliphatic carbocycles. The molecule has 1 fully saturated rings. The zero-order valence-corrected chi connectivity index (χ0v) is 14.7. The van der Waals surface area contributed by atoms with Crippen molar-refractivity contribution in [3.63, 3.8) is 0 Å². The van der Waals surface area contributed by atoms with Crippen molar-refractivity contribution >= 4 is 11.8 Å². The van der Waals surface area contributed by atoms with E-state index in [4.69, 9.17) is 15.0 Å². The minimum absolute atomic E-state index is 0.0131. The molecule has 0 saturated carbocycles. The number of aryl methyl sites for hydroxylation is 1. The average Bonchev–Trinajstić information content (AvgIpc) is 3.27. The summed E-state index contributed by atoms with van der Waals surface area (Å²) < 4.78 is 10.8. The number of hydrogen-bond donors (Lipinski definition) is 1. The molecule has 1 aromatic heterocycles. The minimum atomic E-state index is -0.746. The lowest BCUT2D eigenvalue weighted by Crippen LogP contribution is -2.30. The van der Waals surface area contributed by atoms with Gasteiger partial charge in [-0.15, -0.1) is 0 Å². The molecule has 0 unspecified atom stereocenters. The fraction of sp³-hybridized carbons (Fsp3) is 0.444. The molecule has 8 heteroatoms. The van der Waals surface area contributed by atoms with Crippen LogP contribution in [0.25, 0.3) is 0 Å². The number of likely N-dealkylation sites (tertiary alicyclic amines) is 1. The number of benzene rings is 1. The lowest BCUT2D eigenvalue weighted by molar-refractivity contribution is -0.132. The van der Waals surface area contributed by atoms with Crippen LogP contribution in [0.1, 0.15) is 53.8 Å². The summed E-state index contributed by atoms with van der Waals surface area (Å²) in [7, 11) is 0. The molecule has 1 saturated heterocycles. The molecule has 2 amide bonds. The Morgan fingerprint density at radius 3 is 3.00 bits per heavy atom. The summed E-state index contributed by atoms with van der Waals surface area (Å²) in [5.41, 5.74) is 6.27. The van der Waals surface area contributed by atoms with E-state index < -0.39 is 5.91 Å². The fourth-order valence-corrected chi connectivity index (χ4v) is 3.05. The van der Waals surface area contributed by atoms with Crippen LogP contribution in [-0.4, -0.2) is 40.0 Å². The second kappa shape index (κ2) is 7.99. The first-order valence-corrected chi connectivity index (χ1v) is 8.67. The lowest BCUT2D eigenvalue weighted by atomic mass is 10.2. The highest BCUT2D eigenvalue weighted by molar-refractivity contribution is 5.88. The Labute approximate surface area is 151 Å². The summed E-state index contributed by atoms with van der Waals surface area (Å²) in [6, 6.07) is 7.52. The highest BCUT2D eigenvalue weighted by Crippen LogP contribution is 2.31. The van der Waals surface area contributed by atoms with Gasteiger partial charge in [-0.05, 0) is 43.9 Å². The van der Waals surface area contributed by atoms with Gasteiger partial charge in [0.2, 0.25) is 11.8 Å². The first kappa shape index (κ1) is 17.9. The monoisotopic (exact) mass is 358 g/mol. The molecule has 138 valence electrons. The first-order valence-electron chi connectivity index (χ1n) is 8.67.